The first kappa shape index (κ1) is 20.0. The van der Waals surface area contributed by atoms with Gasteiger partial charge in [0.25, 0.3) is 0 Å². The van der Waals surface area contributed by atoms with Crippen molar-refractivity contribution in [1.29, 1.82) is 0 Å². The maximum absolute atomic E-state index is 5.95. The van der Waals surface area contributed by atoms with Crippen molar-refractivity contribution >= 4 is 17.3 Å². The molecule has 0 radical (unpaired) electrons. The van der Waals surface area contributed by atoms with Crippen LogP contribution in [0.5, 0.6) is 5.75 Å². The van der Waals surface area contributed by atoms with Crippen LogP contribution in [0.4, 0.5) is 0 Å². The molecule has 0 saturated carbocycles. The Labute approximate surface area is 187 Å². The topological polar surface area (TPSA) is 51.5 Å². The van der Waals surface area contributed by atoms with Gasteiger partial charge in [-0.25, -0.2) is 0 Å². The minimum Gasteiger partial charge on any atom is -0.495 e. The minimum atomic E-state index is -0.0570. The lowest BCUT2D eigenvalue weighted by atomic mass is 10.0. The molecule has 3 unspecified atom stereocenters. The number of benzene rings is 1. The highest BCUT2D eigenvalue weighted by molar-refractivity contribution is 7.80. The monoisotopic (exact) mass is 434 g/mol. The zero-order valence-corrected chi connectivity index (χ0v) is 18.3. The van der Waals surface area contributed by atoms with E-state index in [9.17, 15) is 0 Å². The molecular formula is C24H26N4O2S. The molecule has 4 heterocycles. The third-order valence-corrected chi connectivity index (χ3v) is 6.40. The molecule has 5 rings (SSSR count). The van der Waals surface area contributed by atoms with Gasteiger partial charge in [0.2, 0.25) is 0 Å². The number of aromatic nitrogens is 2. The Kier molecular flexibility index (Phi) is 5.61. The largest absolute Gasteiger partial charge is 0.495 e. The Hall–Kier alpha value is -2.90. The smallest absolute Gasteiger partial charge is 0.170 e. The Morgan fingerprint density at radius 3 is 2.81 bits per heavy atom. The first-order chi connectivity index (χ1) is 15.3. The van der Waals surface area contributed by atoms with E-state index in [0.29, 0.717) is 0 Å². The number of hydrogen-bond donors (Lipinski definition) is 1. The molecule has 7 heteroatoms. The van der Waals surface area contributed by atoms with E-state index in [0.717, 1.165) is 53.9 Å². The highest BCUT2D eigenvalue weighted by atomic mass is 32.1. The molecule has 0 spiro atoms. The number of pyridine rings is 1. The van der Waals surface area contributed by atoms with E-state index < -0.39 is 0 Å². The summed E-state index contributed by atoms with van der Waals surface area (Å²) in [4.78, 5) is 6.91. The number of thiocarbonyl (C=S) groups is 1. The van der Waals surface area contributed by atoms with E-state index in [2.05, 4.69) is 50.2 Å². The fourth-order valence-corrected chi connectivity index (χ4v) is 4.93. The second-order valence-electron chi connectivity index (χ2n) is 7.89. The van der Waals surface area contributed by atoms with Crippen molar-refractivity contribution < 1.29 is 9.47 Å². The Balaban J connectivity index is 1.59. The van der Waals surface area contributed by atoms with E-state index in [1.807, 2.05) is 36.5 Å². The second kappa shape index (κ2) is 8.69. The average molecular weight is 435 g/mol. The summed E-state index contributed by atoms with van der Waals surface area (Å²) in [6, 6.07) is 18.2. The maximum Gasteiger partial charge on any atom is 0.170 e. The van der Waals surface area contributed by atoms with Crippen LogP contribution >= 0.6 is 12.2 Å². The summed E-state index contributed by atoms with van der Waals surface area (Å²) in [6.07, 6.45) is 6.27. The van der Waals surface area contributed by atoms with Crippen LogP contribution in [0.15, 0.2) is 67.0 Å². The maximum atomic E-state index is 5.95. The highest BCUT2D eigenvalue weighted by Crippen LogP contribution is 2.41. The van der Waals surface area contributed by atoms with Gasteiger partial charge in [-0.05, 0) is 61.5 Å². The fourth-order valence-electron chi connectivity index (χ4n) is 4.61. The predicted octanol–water partition coefficient (Wildman–Crippen LogP) is 4.03. The van der Waals surface area contributed by atoms with Crippen molar-refractivity contribution in [2.24, 2.45) is 0 Å². The normalized spacial score (nSPS) is 23.2. The van der Waals surface area contributed by atoms with Crippen LogP contribution in [0.25, 0.3) is 5.69 Å². The molecule has 3 atom stereocenters. The number of hydrogen-bond acceptors (Lipinski definition) is 4. The molecule has 6 nitrogen and oxygen atoms in total. The average Bonchev–Trinajstić information content (AvgIpc) is 3.56. The van der Waals surface area contributed by atoms with Gasteiger partial charge in [-0.1, -0.05) is 18.2 Å². The Morgan fingerprint density at radius 2 is 2.03 bits per heavy atom. The summed E-state index contributed by atoms with van der Waals surface area (Å²) in [5.74, 6) is 0.827. The third kappa shape index (κ3) is 3.79. The predicted molar refractivity (Wildman–Crippen MR) is 123 cm³/mol. The number of nitrogens with one attached hydrogen (secondary N) is 1. The van der Waals surface area contributed by atoms with Crippen LogP contribution in [0.2, 0.25) is 0 Å². The fraction of sp³-hybridized carbons (Fsp3) is 0.333. The molecule has 3 aromatic rings. The molecule has 0 amide bonds. The van der Waals surface area contributed by atoms with Gasteiger partial charge in [0, 0.05) is 31.2 Å². The first-order valence-corrected chi connectivity index (χ1v) is 11.1. The Bertz CT molecular complexity index is 1050. The number of para-hydroxylation sites is 2. The number of ether oxygens (including phenoxy) is 2. The molecular weight excluding hydrogens is 408 g/mol. The number of methoxy groups -OCH3 is 1. The van der Waals surface area contributed by atoms with Crippen LogP contribution in [0.1, 0.15) is 36.3 Å². The standard InChI is InChI=1S/C24H26N4O2S/c1-29-21-12-3-2-10-19(21)27-14-6-11-20(27)23-22(18-9-4-5-13-25-18)26-24(31)28(23)16-17-8-7-15-30-17/h2-6,9-14,17,22-23H,7-8,15-16H2,1H3,(H,26,31). The summed E-state index contributed by atoms with van der Waals surface area (Å²) in [5, 5.41) is 4.27. The zero-order chi connectivity index (χ0) is 21.2. The van der Waals surface area contributed by atoms with Gasteiger partial charge in [-0.15, -0.1) is 0 Å². The summed E-state index contributed by atoms with van der Waals surface area (Å²) in [7, 11) is 1.70. The van der Waals surface area contributed by atoms with E-state index in [4.69, 9.17) is 21.7 Å². The van der Waals surface area contributed by atoms with Crippen molar-refractivity contribution in [3.63, 3.8) is 0 Å². The van der Waals surface area contributed by atoms with Crippen LogP contribution in [-0.4, -0.2) is 45.9 Å². The van der Waals surface area contributed by atoms with Crippen molar-refractivity contribution in [1.82, 2.24) is 19.8 Å². The van der Waals surface area contributed by atoms with Crippen molar-refractivity contribution in [3.8, 4) is 11.4 Å². The lowest BCUT2D eigenvalue weighted by Crippen LogP contribution is -2.36. The molecule has 2 aliphatic heterocycles. The minimum absolute atomic E-state index is 0.0217. The molecule has 2 saturated heterocycles. The molecule has 1 N–H and O–H groups in total. The van der Waals surface area contributed by atoms with Gasteiger partial charge < -0.3 is 24.3 Å². The summed E-state index contributed by atoms with van der Waals surface area (Å²) in [6.45, 7) is 1.58. The molecule has 2 fully saturated rings. The molecule has 2 aromatic heterocycles. The highest BCUT2D eigenvalue weighted by Gasteiger charge is 2.42. The third-order valence-electron chi connectivity index (χ3n) is 6.05. The van der Waals surface area contributed by atoms with Crippen LogP contribution in [0.3, 0.4) is 0 Å². The van der Waals surface area contributed by atoms with Crippen molar-refractivity contribution in [3.05, 3.63) is 78.4 Å². The van der Waals surface area contributed by atoms with Crippen molar-refractivity contribution in [2.45, 2.75) is 31.0 Å². The van der Waals surface area contributed by atoms with Gasteiger partial charge in [0.1, 0.15) is 5.75 Å². The van der Waals surface area contributed by atoms with E-state index in [1.165, 1.54) is 0 Å². The molecule has 31 heavy (non-hydrogen) atoms. The van der Waals surface area contributed by atoms with Crippen LogP contribution in [-0.2, 0) is 4.74 Å². The SMILES string of the molecule is COc1ccccc1-n1cccc1C1C(c2ccccn2)NC(=S)N1CC1CCCO1. The summed E-state index contributed by atoms with van der Waals surface area (Å²) < 4.78 is 13.8. The summed E-state index contributed by atoms with van der Waals surface area (Å²) in [5.41, 5.74) is 3.10. The number of nitrogens with zero attached hydrogens (tertiary/aromatic N) is 3. The van der Waals surface area contributed by atoms with E-state index >= 15 is 0 Å². The first-order valence-electron chi connectivity index (χ1n) is 10.7. The molecule has 0 aliphatic carbocycles. The Morgan fingerprint density at radius 1 is 1.16 bits per heavy atom. The van der Waals surface area contributed by atoms with Gasteiger partial charge in [-0.2, -0.15) is 0 Å². The van der Waals surface area contributed by atoms with E-state index in [-0.39, 0.29) is 18.2 Å². The van der Waals surface area contributed by atoms with Crippen LogP contribution in [0, 0.1) is 0 Å². The molecule has 0 bridgehead atoms. The summed E-state index contributed by atoms with van der Waals surface area (Å²) >= 11 is 5.81. The lowest BCUT2D eigenvalue weighted by Gasteiger charge is -2.30. The van der Waals surface area contributed by atoms with Gasteiger partial charge in [-0.3, -0.25) is 4.98 Å². The van der Waals surface area contributed by atoms with Gasteiger partial charge in [0.15, 0.2) is 5.11 Å². The molecule has 160 valence electrons. The number of rotatable bonds is 6. The lowest BCUT2D eigenvalue weighted by molar-refractivity contribution is 0.0836. The van der Waals surface area contributed by atoms with E-state index in [1.54, 1.807) is 7.11 Å². The van der Waals surface area contributed by atoms with Gasteiger partial charge >= 0.3 is 0 Å². The molecule has 1 aromatic carbocycles. The molecule has 2 aliphatic rings. The second-order valence-corrected chi connectivity index (χ2v) is 8.28. The quantitative estimate of drug-likeness (QED) is 0.591. The van der Waals surface area contributed by atoms with Crippen LogP contribution < -0.4 is 10.1 Å². The zero-order valence-electron chi connectivity index (χ0n) is 17.5. The van der Waals surface area contributed by atoms with Gasteiger partial charge in [0.05, 0.1) is 36.7 Å². The van der Waals surface area contributed by atoms with Crippen molar-refractivity contribution in [2.75, 3.05) is 20.3 Å².